The third kappa shape index (κ3) is 4.56. The van der Waals surface area contributed by atoms with Crippen LogP contribution in [0.25, 0.3) is 0 Å². The minimum absolute atomic E-state index is 0.108. The molecule has 144 valence electrons. The first-order valence-electron chi connectivity index (χ1n) is 8.39. The molecule has 0 spiro atoms. The minimum Gasteiger partial charge on any atom is -0.371 e. The Morgan fingerprint density at radius 1 is 1.07 bits per heavy atom. The molecular formula is C19H17F5N2O. The van der Waals surface area contributed by atoms with Crippen LogP contribution in [0.2, 0.25) is 0 Å². The van der Waals surface area contributed by atoms with Gasteiger partial charge in [0.15, 0.2) is 11.6 Å². The van der Waals surface area contributed by atoms with Crippen LogP contribution in [-0.2, 0) is 6.18 Å². The molecule has 1 atom stereocenters. The maximum absolute atomic E-state index is 13.3. The summed E-state index contributed by atoms with van der Waals surface area (Å²) in [4.78, 5) is 14.0. The smallest absolute Gasteiger partial charge is 0.371 e. The molecule has 0 aliphatic carbocycles. The third-order valence-corrected chi connectivity index (χ3v) is 4.58. The number of rotatable bonds is 4. The van der Waals surface area contributed by atoms with E-state index in [1.165, 1.54) is 6.07 Å². The van der Waals surface area contributed by atoms with E-state index in [1.807, 2.05) is 4.90 Å². The molecule has 1 aliphatic rings. The monoisotopic (exact) mass is 384 g/mol. The lowest BCUT2D eigenvalue weighted by atomic mass is 10.1. The summed E-state index contributed by atoms with van der Waals surface area (Å²) in [6.07, 6.45) is -3.69. The summed E-state index contributed by atoms with van der Waals surface area (Å²) in [6, 6.07) is 7.73. The van der Waals surface area contributed by atoms with E-state index in [9.17, 15) is 26.7 Å². The van der Waals surface area contributed by atoms with E-state index in [1.54, 1.807) is 0 Å². The fraction of sp³-hybridized carbons (Fsp3) is 0.316. The maximum atomic E-state index is 13.3. The zero-order chi connectivity index (χ0) is 19.6. The molecule has 0 radical (unpaired) electrons. The van der Waals surface area contributed by atoms with Gasteiger partial charge in [-0.2, -0.15) is 13.2 Å². The van der Waals surface area contributed by atoms with Gasteiger partial charge in [0.1, 0.15) is 0 Å². The van der Waals surface area contributed by atoms with E-state index in [2.05, 4.69) is 5.32 Å². The Balaban J connectivity index is 1.53. The average Bonchev–Trinajstić information content (AvgIpc) is 3.10. The fourth-order valence-corrected chi connectivity index (χ4v) is 3.07. The number of hydrogen-bond donors (Lipinski definition) is 1. The predicted molar refractivity (Wildman–Crippen MR) is 90.5 cm³/mol. The van der Waals surface area contributed by atoms with Gasteiger partial charge in [-0.3, -0.25) is 4.79 Å². The standard InChI is InChI=1S/C19H17F5N2O/c20-16-6-5-15(9-17(16)21)26-8-7-12(11-26)10-25-18(27)13-1-3-14(4-2-13)19(22,23)24/h1-6,9,12H,7-8,10-11H2,(H,25,27). The van der Waals surface area contributed by atoms with Crippen molar-refractivity contribution >= 4 is 11.6 Å². The Kier molecular flexibility index (Phi) is 5.34. The fourth-order valence-electron chi connectivity index (χ4n) is 3.07. The second kappa shape index (κ2) is 7.54. The zero-order valence-corrected chi connectivity index (χ0v) is 14.2. The van der Waals surface area contributed by atoms with Crippen LogP contribution in [0.3, 0.4) is 0 Å². The number of hydrogen-bond acceptors (Lipinski definition) is 2. The number of carbonyl (C=O) groups is 1. The van der Waals surface area contributed by atoms with Crippen LogP contribution in [0.5, 0.6) is 0 Å². The summed E-state index contributed by atoms with van der Waals surface area (Å²) in [5.74, 6) is -2.16. The summed E-state index contributed by atoms with van der Waals surface area (Å²) in [7, 11) is 0. The second-order valence-electron chi connectivity index (χ2n) is 6.48. The first kappa shape index (κ1) is 19.1. The minimum atomic E-state index is -4.44. The van der Waals surface area contributed by atoms with E-state index in [-0.39, 0.29) is 11.5 Å². The highest BCUT2D eigenvalue weighted by molar-refractivity contribution is 5.94. The SMILES string of the molecule is O=C(NCC1CCN(c2ccc(F)c(F)c2)C1)c1ccc(C(F)(F)F)cc1. The van der Waals surface area contributed by atoms with E-state index in [0.29, 0.717) is 25.3 Å². The summed E-state index contributed by atoms with van der Waals surface area (Å²) in [6.45, 7) is 1.56. The molecule has 1 unspecified atom stereocenters. The Morgan fingerprint density at radius 2 is 1.78 bits per heavy atom. The van der Waals surface area contributed by atoms with Crippen molar-refractivity contribution in [1.82, 2.24) is 5.32 Å². The largest absolute Gasteiger partial charge is 0.416 e. The molecule has 1 N–H and O–H groups in total. The van der Waals surface area contributed by atoms with Gasteiger partial charge in [-0.25, -0.2) is 8.78 Å². The molecule has 8 heteroatoms. The van der Waals surface area contributed by atoms with Crippen molar-refractivity contribution in [3.8, 4) is 0 Å². The van der Waals surface area contributed by atoms with Crippen molar-refractivity contribution in [1.29, 1.82) is 0 Å². The van der Waals surface area contributed by atoms with Gasteiger partial charge in [-0.05, 0) is 48.7 Å². The zero-order valence-electron chi connectivity index (χ0n) is 14.2. The topological polar surface area (TPSA) is 32.3 Å². The van der Waals surface area contributed by atoms with Crippen LogP contribution in [0.4, 0.5) is 27.6 Å². The van der Waals surface area contributed by atoms with Gasteiger partial charge >= 0.3 is 6.18 Å². The molecule has 1 aliphatic heterocycles. The molecule has 0 aromatic heterocycles. The highest BCUT2D eigenvalue weighted by Gasteiger charge is 2.30. The van der Waals surface area contributed by atoms with Gasteiger partial charge in [0, 0.05) is 37.0 Å². The number of halogens is 5. The molecule has 1 heterocycles. The van der Waals surface area contributed by atoms with Gasteiger partial charge in [0.2, 0.25) is 0 Å². The van der Waals surface area contributed by atoms with Crippen LogP contribution >= 0.6 is 0 Å². The number of alkyl halides is 3. The number of nitrogens with zero attached hydrogens (tertiary/aromatic N) is 1. The van der Waals surface area contributed by atoms with Gasteiger partial charge in [0.25, 0.3) is 5.91 Å². The van der Waals surface area contributed by atoms with Crippen molar-refractivity contribution in [3.63, 3.8) is 0 Å². The van der Waals surface area contributed by atoms with Crippen molar-refractivity contribution in [2.24, 2.45) is 5.92 Å². The molecule has 3 rings (SSSR count). The molecule has 1 amide bonds. The molecule has 3 nitrogen and oxygen atoms in total. The van der Waals surface area contributed by atoms with Crippen LogP contribution in [-0.4, -0.2) is 25.5 Å². The van der Waals surface area contributed by atoms with Gasteiger partial charge < -0.3 is 10.2 Å². The second-order valence-corrected chi connectivity index (χ2v) is 6.48. The van der Waals surface area contributed by atoms with E-state index in [4.69, 9.17) is 0 Å². The van der Waals surface area contributed by atoms with Gasteiger partial charge in [-0.1, -0.05) is 0 Å². The number of nitrogens with one attached hydrogen (secondary N) is 1. The quantitative estimate of drug-likeness (QED) is 0.800. The van der Waals surface area contributed by atoms with Crippen molar-refractivity contribution < 1.29 is 26.7 Å². The molecule has 1 saturated heterocycles. The van der Waals surface area contributed by atoms with Crippen LogP contribution in [0.1, 0.15) is 22.3 Å². The summed E-state index contributed by atoms with van der Waals surface area (Å²) < 4.78 is 64.0. The van der Waals surface area contributed by atoms with E-state index in [0.717, 1.165) is 42.8 Å². The number of benzene rings is 2. The average molecular weight is 384 g/mol. The first-order chi connectivity index (χ1) is 12.7. The Morgan fingerprint density at radius 3 is 2.41 bits per heavy atom. The van der Waals surface area contributed by atoms with Crippen molar-refractivity contribution in [2.45, 2.75) is 12.6 Å². The van der Waals surface area contributed by atoms with Gasteiger partial charge in [0.05, 0.1) is 5.56 Å². The molecule has 0 saturated carbocycles. The number of carbonyl (C=O) groups excluding carboxylic acids is 1. The lowest BCUT2D eigenvalue weighted by Crippen LogP contribution is -2.31. The molecule has 0 bridgehead atoms. The predicted octanol–water partition coefficient (Wildman–Crippen LogP) is 4.24. The van der Waals surface area contributed by atoms with E-state index >= 15 is 0 Å². The molecule has 2 aromatic carbocycles. The van der Waals surface area contributed by atoms with Crippen LogP contribution in [0.15, 0.2) is 42.5 Å². The van der Waals surface area contributed by atoms with Crippen molar-refractivity contribution in [2.75, 3.05) is 24.5 Å². The van der Waals surface area contributed by atoms with E-state index < -0.39 is 29.3 Å². The van der Waals surface area contributed by atoms with Crippen molar-refractivity contribution in [3.05, 3.63) is 65.2 Å². The molecule has 27 heavy (non-hydrogen) atoms. The van der Waals surface area contributed by atoms with Crippen LogP contribution in [0, 0.1) is 17.6 Å². The van der Waals surface area contributed by atoms with Crippen LogP contribution < -0.4 is 10.2 Å². The molecule has 1 fully saturated rings. The highest BCUT2D eigenvalue weighted by Crippen LogP contribution is 2.29. The molecule has 2 aromatic rings. The van der Waals surface area contributed by atoms with Gasteiger partial charge in [-0.15, -0.1) is 0 Å². The first-order valence-corrected chi connectivity index (χ1v) is 8.39. The summed E-state index contributed by atoms with van der Waals surface area (Å²) in [5.41, 5.74) is -0.0825. The molecular weight excluding hydrogens is 367 g/mol. The summed E-state index contributed by atoms with van der Waals surface area (Å²) in [5, 5.41) is 2.71. The Hall–Kier alpha value is -2.64. The number of anilines is 1. The number of amides is 1. The lowest BCUT2D eigenvalue weighted by molar-refractivity contribution is -0.137. The third-order valence-electron chi connectivity index (χ3n) is 4.58. The lowest BCUT2D eigenvalue weighted by Gasteiger charge is -2.19. The maximum Gasteiger partial charge on any atom is 0.416 e. The summed E-state index contributed by atoms with van der Waals surface area (Å²) >= 11 is 0. The normalized spacial score (nSPS) is 17.2. The highest BCUT2D eigenvalue weighted by atomic mass is 19.4. The Labute approximate surface area is 152 Å². The Bertz CT molecular complexity index is 820.